The van der Waals surface area contributed by atoms with Crippen molar-refractivity contribution in [2.75, 3.05) is 5.75 Å². The SMILES string of the molecule is CC(NC(=O)CCCC[C@@H]1SC[C@@H]2NC(=O)N[C@@H]21)c1ccc(F)cc1F. The van der Waals surface area contributed by atoms with Crippen molar-refractivity contribution < 1.29 is 18.4 Å². The number of thioether (sulfide) groups is 1. The van der Waals surface area contributed by atoms with Crippen molar-refractivity contribution in [2.45, 2.75) is 56.0 Å². The van der Waals surface area contributed by atoms with Gasteiger partial charge in [0.1, 0.15) is 11.6 Å². The Labute approximate surface area is 155 Å². The number of nitrogens with one attached hydrogen (secondary N) is 3. The topological polar surface area (TPSA) is 70.2 Å². The first-order chi connectivity index (χ1) is 12.4. The third kappa shape index (κ3) is 4.47. The number of fused-ring (bicyclic) bond motifs is 1. The second-order valence-corrected chi connectivity index (χ2v) is 8.09. The maximum absolute atomic E-state index is 13.7. The fourth-order valence-electron chi connectivity index (χ4n) is 3.52. The Morgan fingerprint density at radius 1 is 1.35 bits per heavy atom. The highest BCUT2D eigenvalue weighted by Crippen LogP contribution is 2.33. The van der Waals surface area contributed by atoms with E-state index < -0.39 is 17.7 Å². The first-order valence-corrected chi connectivity index (χ1v) is 9.92. The molecule has 0 spiro atoms. The molecule has 1 unspecified atom stereocenters. The first-order valence-electron chi connectivity index (χ1n) is 8.87. The molecule has 5 nitrogen and oxygen atoms in total. The summed E-state index contributed by atoms with van der Waals surface area (Å²) in [4.78, 5) is 23.4. The number of hydrogen-bond acceptors (Lipinski definition) is 3. The van der Waals surface area contributed by atoms with E-state index >= 15 is 0 Å². The van der Waals surface area contributed by atoms with Gasteiger partial charge in [0.05, 0.1) is 18.1 Å². The minimum absolute atomic E-state index is 0.0910. The molecule has 2 heterocycles. The van der Waals surface area contributed by atoms with Gasteiger partial charge in [0.15, 0.2) is 0 Å². The Kier molecular flexibility index (Phi) is 6.01. The van der Waals surface area contributed by atoms with Gasteiger partial charge in [0.25, 0.3) is 0 Å². The summed E-state index contributed by atoms with van der Waals surface area (Å²) in [6.07, 6.45) is 2.94. The van der Waals surface area contributed by atoms with E-state index in [2.05, 4.69) is 16.0 Å². The molecular weight excluding hydrogens is 360 g/mol. The molecule has 1 aromatic carbocycles. The van der Waals surface area contributed by atoms with Crippen molar-refractivity contribution in [3.63, 3.8) is 0 Å². The second kappa shape index (κ2) is 8.24. The van der Waals surface area contributed by atoms with Crippen LogP contribution in [0.15, 0.2) is 18.2 Å². The summed E-state index contributed by atoms with van der Waals surface area (Å²) in [5.41, 5.74) is 0.276. The lowest BCUT2D eigenvalue weighted by Gasteiger charge is -2.17. The molecule has 0 bridgehead atoms. The number of halogens is 2. The first kappa shape index (κ1) is 18.9. The van der Waals surface area contributed by atoms with Crippen LogP contribution in [-0.4, -0.2) is 35.0 Å². The summed E-state index contributed by atoms with van der Waals surface area (Å²) in [6.45, 7) is 1.68. The minimum Gasteiger partial charge on any atom is -0.349 e. The molecule has 0 aliphatic carbocycles. The van der Waals surface area contributed by atoms with E-state index in [1.54, 1.807) is 6.92 Å². The van der Waals surface area contributed by atoms with E-state index in [1.165, 1.54) is 12.1 Å². The molecule has 3 N–H and O–H groups in total. The summed E-state index contributed by atoms with van der Waals surface area (Å²) in [7, 11) is 0. The average Bonchev–Trinajstić information content (AvgIpc) is 3.11. The third-order valence-corrected chi connectivity index (χ3v) is 6.40. The number of benzene rings is 1. The van der Waals surface area contributed by atoms with Gasteiger partial charge in [-0.15, -0.1) is 0 Å². The van der Waals surface area contributed by atoms with Crippen LogP contribution in [0, 0.1) is 11.6 Å². The predicted octanol–water partition coefficient (Wildman–Crippen LogP) is 2.87. The lowest BCUT2D eigenvalue weighted by Crippen LogP contribution is -2.36. The van der Waals surface area contributed by atoms with Crippen molar-refractivity contribution in [2.24, 2.45) is 0 Å². The van der Waals surface area contributed by atoms with Crippen LogP contribution in [-0.2, 0) is 4.79 Å². The molecule has 26 heavy (non-hydrogen) atoms. The Hall–Kier alpha value is -1.83. The molecule has 8 heteroatoms. The van der Waals surface area contributed by atoms with Crippen LogP contribution in [0.2, 0.25) is 0 Å². The van der Waals surface area contributed by atoms with Crippen LogP contribution in [0.1, 0.15) is 44.2 Å². The number of unbranched alkanes of at least 4 members (excludes halogenated alkanes) is 1. The normalized spacial score (nSPS) is 25.3. The van der Waals surface area contributed by atoms with Crippen molar-refractivity contribution in [3.05, 3.63) is 35.4 Å². The molecule has 2 aliphatic heterocycles. The fraction of sp³-hybridized carbons (Fsp3) is 0.556. The van der Waals surface area contributed by atoms with E-state index in [0.29, 0.717) is 11.7 Å². The molecule has 0 saturated carbocycles. The van der Waals surface area contributed by atoms with Crippen LogP contribution in [0.25, 0.3) is 0 Å². The van der Waals surface area contributed by atoms with Gasteiger partial charge in [-0.25, -0.2) is 13.6 Å². The number of rotatable bonds is 7. The van der Waals surface area contributed by atoms with Crippen LogP contribution in [0.5, 0.6) is 0 Å². The number of carbonyl (C=O) groups is 2. The monoisotopic (exact) mass is 383 g/mol. The van der Waals surface area contributed by atoms with Crippen LogP contribution in [0.3, 0.4) is 0 Å². The van der Waals surface area contributed by atoms with E-state index in [9.17, 15) is 18.4 Å². The number of urea groups is 1. The molecule has 0 aromatic heterocycles. The molecule has 3 amide bonds. The molecule has 0 radical (unpaired) electrons. The molecule has 4 atom stereocenters. The third-order valence-electron chi connectivity index (χ3n) is 4.89. The van der Waals surface area contributed by atoms with Crippen molar-refractivity contribution in [1.29, 1.82) is 0 Å². The van der Waals surface area contributed by atoms with Crippen molar-refractivity contribution in [3.8, 4) is 0 Å². The number of carbonyl (C=O) groups excluding carboxylic acids is 2. The summed E-state index contributed by atoms with van der Waals surface area (Å²) in [6, 6.07) is 3.16. The summed E-state index contributed by atoms with van der Waals surface area (Å²) >= 11 is 1.86. The molecular formula is C18H23F2N3O2S. The van der Waals surface area contributed by atoms with Gasteiger partial charge in [0.2, 0.25) is 5.91 Å². The number of hydrogen-bond donors (Lipinski definition) is 3. The van der Waals surface area contributed by atoms with Crippen LogP contribution >= 0.6 is 11.8 Å². The zero-order chi connectivity index (χ0) is 18.7. The maximum Gasteiger partial charge on any atom is 0.315 e. The van der Waals surface area contributed by atoms with E-state index in [1.807, 2.05) is 11.8 Å². The molecule has 3 rings (SSSR count). The Morgan fingerprint density at radius 2 is 2.15 bits per heavy atom. The van der Waals surface area contributed by atoms with E-state index in [-0.39, 0.29) is 29.6 Å². The van der Waals surface area contributed by atoms with E-state index in [0.717, 1.165) is 31.1 Å². The predicted molar refractivity (Wildman–Crippen MR) is 96.9 cm³/mol. The zero-order valence-corrected chi connectivity index (χ0v) is 15.4. The molecule has 142 valence electrons. The Morgan fingerprint density at radius 3 is 2.92 bits per heavy atom. The summed E-state index contributed by atoms with van der Waals surface area (Å²) in [5.74, 6) is -0.507. The molecule has 2 fully saturated rings. The lowest BCUT2D eigenvalue weighted by atomic mass is 10.0. The minimum atomic E-state index is -0.655. The quantitative estimate of drug-likeness (QED) is 0.501. The van der Waals surface area contributed by atoms with Crippen molar-refractivity contribution >= 4 is 23.7 Å². The van der Waals surface area contributed by atoms with Crippen LogP contribution in [0.4, 0.5) is 13.6 Å². The maximum atomic E-state index is 13.7. The molecule has 2 aliphatic rings. The van der Waals surface area contributed by atoms with Gasteiger partial charge in [-0.2, -0.15) is 11.8 Å². The smallest absolute Gasteiger partial charge is 0.315 e. The standard InChI is InChI=1S/C18H23F2N3O2S/c1-10(12-7-6-11(19)8-13(12)20)21-16(24)5-3-2-4-15-17-14(9-26-15)22-18(25)23-17/h6-8,10,14-15,17H,2-5,9H2,1H3,(H,21,24)(H2,22,23,25)/t10?,14-,15-,17-/m0/s1. The largest absolute Gasteiger partial charge is 0.349 e. The summed E-state index contributed by atoms with van der Waals surface area (Å²) < 4.78 is 26.7. The highest BCUT2D eigenvalue weighted by molar-refractivity contribution is 8.00. The fourth-order valence-corrected chi connectivity index (χ4v) is 5.06. The average molecular weight is 383 g/mol. The zero-order valence-electron chi connectivity index (χ0n) is 14.6. The molecule has 1 aromatic rings. The van der Waals surface area contributed by atoms with Gasteiger partial charge >= 0.3 is 6.03 Å². The van der Waals surface area contributed by atoms with Crippen molar-refractivity contribution in [1.82, 2.24) is 16.0 Å². The Bertz CT molecular complexity index is 688. The van der Waals surface area contributed by atoms with Gasteiger partial charge in [0, 0.05) is 29.1 Å². The number of amides is 3. The van der Waals surface area contributed by atoms with Crippen LogP contribution < -0.4 is 16.0 Å². The van der Waals surface area contributed by atoms with Gasteiger partial charge in [-0.1, -0.05) is 12.5 Å². The lowest BCUT2D eigenvalue weighted by molar-refractivity contribution is -0.121. The Balaban J connectivity index is 1.37. The van der Waals surface area contributed by atoms with Gasteiger partial charge < -0.3 is 16.0 Å². The van der Waals surface area contributed by atoms with Gasteiger partial charge in [-0.3, -0.25) is 4.79 Å². The highest BCUT2D eigenvalue weighted by atomic mass is 32.2. The van der Waals surface area contributed by atoms with Gasteiger partial charge in [-0.05, 0) is 25.8 Å². The highest BCUT2D eigenvalue weighted by Gasteiger charge is 2.42. The second-order valence-electron chi connectivity index (χ2n) is 6.82. The van der Waals surface area contributed by atoms with E-state index in [4.69, 9.17) is 0 Å². The summed E-state index contributed by atoms with van der Waals surface area (Å²) in [5, 5.41) is 9.00. The molecule has 2 saturated heterocycles.